The van der Waals surface area contributed by atoms with E-state index in [-0.39, 0.29) is 29.7 Å². The fourth-order valence-electron chi connectivity index (χ4n) is 1.35. The number of hydrogen-bond donors (Lipinski definition) is 3. The zero-order valence-corrected chi connectivity index (χ0v) is 10.3. The van der Waals surface area contributed by atoms with Crippen molar-refractivity contribution in [1.82, 2.24) is 10.6 Å². The van der Waals surface area contributed by atoms with Crippen LogP contribution in [0, 0.1) is 5.82 Å². The van der Waals surface area contributed by atoms with E-state index >= 15 is 0 Å². The molecule has 0 aliphatic carbocycles. The van der Waals surface area contributed by atoms with Crippen LogP contribution in [0.2, 0.25) is 0 Å². The summed E-state index contributed by atoms with van der Waals surface area (Å²) in [5, 5.41) is 4.93. The van der Waals surface area contributed by atoms with Gasteiger partial charge < -0.3 is 16.4 Å². The lowest BCUT2D eigenvalue weighted by atomic mass is 10.2. The zero-order chi connectivity index (χ0) is 13.7. The Hall–Kier alpha value is -2.11. The molecular formula is C12H16FN3O2. The van der Waals surface area contributed by atoms with Crippen LogP contribution in [0.5, 0.6) is 0 Å². The van der Waals surface area contributed by atoms with Crippen LogP contribution in [0.1, 0.15) is 24.2 Å². The molecule has 1 aromatic rings. The van der Waals surface area contributed by atoms with Crippen LogP contribution in [0.15, 0.2) is 18.2 Å². The molecule has 0 saturated carbocycles. The van der Waals surface area contributed by atoms with Gasteiger partial charge in [0.1, 0.15) is 5.82 Å². The van der Waals surface area contributed by atoms with E-state index in [1.165, 1.54) is 12.1 Å². The summed E-state index contributed by atoms with van der Waals surface area (Å²) in [5.41, 5.74) is 5.57. The Morgan fingerprint density at radius 3 is 2.67 bits per heavy atom. The number of carbonyl (C=O) groups is 2. The molecule has 0 aliphatic rings. The molecule has 0 aliphatic heterocycles. The first-order valence-electron chi connectivity index (χ1n) is 5.52. The van der Waals surface area contributed by atoms with E-state index in [4.69, 9.17) is 5.73 Å². The fraction of sp³-hybridized carbons (Fsp3) is 0.333. The molecule has 0 heterocycles. The lowest BCUT2D eigenvalue weighted by Gasteiger charge is -2.09. The molecule has 1 aromatic carbocycles. The van der Waals surface area contributed by atoms with E-state index in [0.717, 1.165) is 6.07 Å². The van der Waals surface area contributed by atoms with Crippen LogP contribution in [0.4, 0.5) is 10.1 Å². The van der Waals surface area contributed by atoms with Gasteiger partial charge in [0.15, 0.2) is 0 Å². The molecule has 5 nitrogen and oxygen atoms in total. The van der Waals surface area contributed by atoms with Crippen LogP contribution in [0.3, 0.4) is 0 Å². The van der Waals surface area contributed by atoms with Gasteiger partial charge in [-0.1, -0.05) is 0 Å². The third kappa shape index (κ3) is 4.04. The van der Waals surface area contributed by atoms with Crippen LogP contribution in [-0.4, -0.2) is 24.4 Å². The summed E-state index contributed by atoms with van der Waals surface area (Å²) in [4.78, 5) is 22.9. The van der Waals surface area contributed by atoms with Gasteiger partial charge in [0.2, 0.25) is 5.91 Å². The van der Waals surface area contributed by atoms with Crippen molar-refractivity contribution in [3.05, 3.63) is 29.6 Å². The molecule has 0 bridgehead atoms. The van der Waals surface area contributed by atoms with Crippen molar-refractivity contribution in [3.8, 4) is 0 Å². The average Bonchev–Trinajstić information content (AvgIpc) is 2.28. The number of nitrogen functional groups attached to an aromatic ring is 1. The lowest BCUT2D eigenvalue weighted by molar-refractivity contribution is -0.120. The smallest absolute Gasteiger partial charge is 0.254 e. The van der Waals surface area contributed by atoms with Gasteiger partial charge in [0, 0.05) is 11.7 Å². The number of anilines is 1. The molecule has 0 atom stereocenters. The Balaban J connectivity index is 2.60. The first kappa shape index (κ1) is 14.0. The van der Waals surface area contributed by atoms with Gasteiger partial charge in [0.05, 0.1) is 12.1 Å². The number of rotatable bonds is 4. The molecule has 0 saturated heterocycles. The number of nitrogens with two attached hydrogens (primary N) is 1. The minimum atomic E-state index is -0.675. The molecule has 0 aromatic heterocycles. The molecular weight excluding hydrogens is 237 g/mol. The number of carbonyl (C=O) groups excluding carboxylic acids is 2. The van der Waals surface area contributed by atoms with Crippen LogP contribution in [0.25, 0.3) is 0 Å². The predicted molar refractivity (Wildman–Crippen MR) is 66.4 cm³/mol. The summed E-state index contributed by atoms with van der Waals surface area (Å²) in [6.45, 7) is 3.40. The van der Waals surface area contributed by atoms with Crippen molar-refractivity contribution in [2.75, 3.05) is 12.3 Å². The van der Waals surface area contributed by atoms with Crippen molar-refractivity contribution < 1.29 is 14.0 Å². The first-order valence-corrected chi connectivity index (χ1v) is 5.52. The maximum atomic E-state index is 13.3. The van der Waals surface area contributed by atoms with Crippen LogP contribution >= 0.6 is 0 Å². The molecule has 0 spiro atoms. The zero-order valence-electron chi connectivity index (χ0n) is 10.3. The van der Waals surface area contributed by atoms with Gasteiger partial charge in [-0.25, -0.2) is 4.39 Å². The van der Waals surface area contributed by atoms with E-state index in [2.05, 4.69) is 10.6 Å². The summed E-state index contributed by atoms with van der Waals surface area (Å²) in [5.74, 6) is -1.67. The molecule has 0 radical (unpaired) electrons. The highest BCUT2D eigenvalue weighted by Gasteiger charge is 2.13. The van der Waals surface area contributed by atoms with Gasteiger partial charge >= 0.3 is 0 Å². The summed E-state index contributed by atoms with van der Waals surface area (Å²) in [6, 6.07) is 3.68. The van der Waals surface area contributed by atoms with Crippen molar-refractivity contribution in [3.63, 3.8) is 0 Å². The van der Waals surface area contributed by atoms with Crippen molar-refractivity contribution in [2.24, 2.45) is 0 Å². The van der Waals surface area contributed by atoms with E-state index in [9.17, 15) is 14.0 Å². The van der Waals surface area contributed by atoms with Gasteiger partial charge in [-0.05, 0) is 32.0 Å². The Bertz CT molecular complexity index is 461. The summed E-state index contributed by atoms with van der Waals surface area (Å²) in [7, 11) is 0. The van der Waals surface area contributed by atoms with Crippen molar-refractivity contribution >= 4 is 17.5 Å². The highest BCUT2D eigenvalue weighted by Crippen LogP contribution is 2.11. The second kappa shape index (κ2) is 6.00. The first-order chi connectivity index (χ1) is 8.40. The summed E-state index contributed by atoms with van der Waals surface area (Å²) >= 11 is 0. The van der Waals surface area contributed by atoms with Crippen LogP contribution in [-0.2, 0) is 4.79 Å². The highest BCUT2D eigenvalue weighted by molar-refractivity contribution is 5.97. The summed E-state index contributed by atoms with van der Waals surface area (Å²) < 4.78 is 13.3. The number of amides is 2. The predicted octanol–water partition coefficient (Wildman–Crippen LogP) is 0.662. The van der Waals surface area contributed by atoms with Crippen molar-refractivity contribution in [2.45, 2.75) is 19.9 Å². The van der Waals surface area contributed by atoms with E-state index in [0.29, 0.717) is 0 Å². The molecule has 4 N–H and O–H groups in total. The third-order valence-corrected chi connectivity index (χ3v) is 2.09. The van der Waals surface area contributed by atoms with Gasteiger partial charge in [-0.15, -0.1) is 0 Å². The molecule has 2 amide bonds. The number of halogens is 1. The third-order valence-electron chi connectivity index (χ3n) is 2.09. The minimum absolute atomic E-state index is 0.0153. The number of benzene rings is 1. The largest absolute Gasteiger partial charge is 0.399 e. The van der Waals surface area contributed by atoms with Crippen LogP contribution < -0.4 is 16.4 Å². The number of nitrogens with one attached hydrogen (secondary N) is 2. The van der Waals surface area contributed by atoms with Gasteiger partial charge in [-0.3, -0.25) is 9.59 Å². The Morgan fingerprint density at radius 1 is 1.39 bits per heavy atom. The molecule has 98 valence electrons. The second-order valence-electron chi connectivity index (χ2n) is 4.14. The standard InChI is InChI=1S/C12H16FN3O2/c1-7(2)16-11(17)6-15-12(18)9-5-8(14)3-4-10(9)13/h3-5,7H,6,14H2,1-2H3,(H,15,18)(H,16,17). The molecule has 1 rings (SSSR count). The highest BCUT2D eigenvalue weighted by atomic mass is 19.1. The van der Waals surface area contributed by atoms with E-state index < -0.39 is 11.7 Å². The fourth-order valence-corrected chi connectivity index (χ4v) is 1.35. The Kier molecular flexibility index (Phi) is 4.65. The maximum Gasteiger partial charge on any atom is 0.254 e. The van der Waals surface area contributed by atoms with Gasteiger partial charge in [-0.2, -0.15) is 0 Å². The maximum absolute atomic E-state index is 13.3. The number of hydrogen-bond acceptors (Lipinski definition) is 3. The quantitative estimate of drug-likeness (QED) is 0.689. The lowest BCUT2D eigenvalue weighted by Crippen LogP contribution is -2.40. The minimum Gasteiger partial charge on any atom is -0.399 e. The van der Waals surface area contributed by atoms with E-state index in [1.807, 2.05) is 0 Å². The molecule has 18 heavy (non-hydrogen) atoms. The SMILES string of the molecule is CC(C)NC(=O)CNC(=O)c1cc(N)ccc1F. The summed E-state index contributed by atoms with van der Waals surface area (Å²) in [6.07, 6.45) is 0. The van der Waals surface area contributed by atoms with E-state index in [1.54, 1.807) is 13.8 Å². The molecule has 0 fully saturated rings. The normalized spacial score (nSPS) is 10.2. The second-order valence-corrected chi connectivity index (χ2v) is 4.14. The molecule has 6 heteroatoms. The monoisotopic (exact) mass is 253 g/mol. The Morgan fingerprint density at radius 2 is 2.06 bits per heavy atom. The van der Waals surface area contributed by atoms with Gasteiger partial charge in [0.25, 0.3) is 5.91 Å². The molecule has 0 unspecified atom stereocenters. The average molecular weight is 253 g/mol. The Labute approximate surface area is 105 Å². The van der Waals surface area contributed by atoms with Crippen molar-refractivity contribution in [1.29, 1.82) is 0 Å². The topological polar surface area (TPSA) is 84.2 Å².